The molecular formula is C9H11F3N6O2. The van der Waals surface area contributed by atoms with E-state index in [1.54, 1.807) is 6.20 Å². The molecule has 0 saturated heterocycles. The second kappa shape index (κ2) is 5.96. The molecule has 110 valence electrons. The lowest BCUT2D eigenvalue weighted by atomic mass is 10.5. The summed E-state index contributed by atoms with van der Waals surface area (Å²) in [7, 11) is 0. The fourth-order valence-electron chi connectivity index (χ4n) is 1.31. The molecule has 0 bridgehead atoms. The van der Waals surface area contributed by atoms with Gasteiger partial charge in [-0.2, -0.15) is 18.2 Å². The minimum atomic E-state index is -4.39. The second-order valence-electron chi connectivity index (χ2n) is 3.78. The van der Waals surface area contributed by atoms with E-state index in [2.05, 4.69) is 25.2 Å². The van der Waals surface area contributed by atoms with Crippen LogP contribution in [0.25, 0.3) is 11.6 Å². The predicted molar refractivity (Wildman–Crippen MR) is 58.1 cm³/mol. The largest absolute Gasteiger partial charge is 0.411 e. The van der Waals surface area contributed by atoms with Crippen molar-refractivity contribution in [3.05, 3.63) is 12.0 Å². The highest BCUT2D eigenvalue weighted by molar-refractivity contribution is 5.43. The lowest BCUT2D eigenvalue weighted by Gasteiger charge is -2.04. The Morgan fingerprint density at radius 3 is 2.90 bits per heavy atom. The number of ether oxygens (including phenoxy) is 1. The summed E-state index contributed by atoms with van der Waals surface area (Å²) in [5, 5.41) is 11.0. The quantitative estimate of drug-likeness (QED) is 0.819. The van der Waals surface area contributed by atoms with Crippen LogP contribution in [-0.4, -0.2) is 44.5 Å². The SMILES string of the molecule is NCCn1cc(-c2nc(COCC(F)(F)F)no2)nn1. The first-order valence-electron chi connectivity index (χ1n) is 5.55. The van der Waals surface area contributed by atoms with E-state index in [9.17, 15) is 13.2 Å². The second-order valence-corrected chi connectivity index (χ2v) is 3.78. The minimum Gasteiger partial charge on any atom is -0.364 e. The zero-order valence-electron chi connectivity index (χ0n) is 10.2. The molecule has 2 rings (SSSR count). The number of alkyl halides is 3. The van der Waals surface area contributed by atoms with Crippen molar-refractivity contribution in [1.82, 2.24) is 25.1 Å². The van der Waals surface area contributed by atoms with Crippen LogP contribution in [0.2, 0.25) is 0 Å². The van der Waals surface area contributed by atoms with E-state index in [0.717, 1.165) is 0 Å². The maximum atomic E-state index is 11.9. The molecule has 0 aliphatic rings. The number of aromatic nitrogens is 5. The molecule has 0 amide bonds. The van der Waals surface area contributed by atoms with E-state index in [4.69, 9.17) is 10.3 Å². The molecule has 0 spiro atoms. The lowest BCUT2D eigenvalue weighted by molar-refractivity contribution is -0.177. The van der Waals surface area contributed by atoms with Gasteiger partial charge in [-0.25, -0.2) is 0 Å². The molecular weight excluding hydrogens is 281 g/mol. The highest BCUT2D eigenvalue weighted by Crippen LogP contribution is 2.16. The van der Waals surface area contributed by atoms with Gasteiger partial charge < -0.3 is 15.0 Å². The van der Waals surface area contributed by atoms with Crippen molar-refractivity contribution >= 4 is 0 Å². The molecule has 2 aromatic rings. The first-order chi connectivity index (χ1) is 9.48. The van der Waals surface area contributed by atoms with Gasteiger partial charge in [-0.15, -0.1) is 5.10 Å². The molecule has 8 nitrogen and oxygen atoms in total. The van der Waals surface area contributed by atoms with E-state index >= 15 is 0 Å². The van der Waals surface area contributed by atoms with Gasteiger partial charge in [0.15, 0.2) is 11.5 Å². The van der Waals surface area contributed by atoms with Gasteiger partial charge in [0, 0.05) is 6.54 Å². The lowest BCUT2D eigenvalue weighted by Crippen LogP contribution is -2.16. The van der Waals surface area contributed by atoms with E-state index in [1.807, 2.05) is 0 Å². The molecule has 0 saturated carbocycles. The summed E-state index contributed by atoms with van der Waals surface area (Å²) in [4.78, 5) is 3.86. The maximum Gasteiger partial charge on any atom is 0.411 e. The molecule has 0 aliphatic heterocycles. The highest BCUT2D eigenvalue weighted by Gasteiger charge is 2.27. The number of rotatable bonds is 6. The van der Waals surface area contributed by atoms with Crippen molar-refractivity contribution in [3.8, 4) is 11.6 Å². The number of halogens is 3. The van der Waals surface area contributed by atoms with Crippen LogP contribution in [0.4, 0.5) is 13.2 Å². The smallest absolute Gasteiger partial charge is 0.364 e. The molecule has 11 heteroatoms. The molecule has 0 fully saturated rings. The third kappa shape index (κ3) is 3.99. The van der Waals surface area contributed by atoms with Gasteiger partial charge in [0.25, 0.3) is 5.89 Å². The van der Waals surface area contributed by atoms with Crippen molar-refractivity contribution in [2.75, 3.05) is 13.2 Å². The third-order valence-corrected chi connectivity index (χ3v) is 2.08. The van der Waals surface area contributed by atoms with Crippen LogP contribution in [0.3, 0.4) is 0 Å². The van der Waals surface area contributed by atoms with Crippen LogP contribution in [0.15, 0.2) is 10.7 Å². The number of hydrogen-bond acceptors (Lipinski definition) is 7. The Balaban J connectivity index is 1.94. The Labute approximate surface area is 110 Å². The molecule has 0 unspecified atom stereocenters. The van der Waals surface area contributed by atoms with Crippen molar-refractivity contribution in [1.29, 1.82) is 0 Å². The van der Waals surface area contributed by atoms with Crippen molar-refractivity contribution < 1.29 is 22.4 Å². The van der Waals surface area contributed by atoms with Crippen LogP contribution >= 0.6 is 0 Å². The Morgan fingerprint density at radius 1 is 1.40 bits per heavy atom. The Hall–Kier alpha value is -2.01. The van der Waals surface area contributed by atoms with Gasteiger partial charge in [0.2, 0.25) is 0 Å². The van der Waals surface area contributed by atoms with Crippen LogP contribution in [0.5, 0.6) is 0 Å². The minimum absolute atomic E-state index is 0.00220. The van der Waals surface area contributed by atoms with Gasteiger partial charge in [-0.3, -0.25) is 4.68 Å². The summed E-state index contributed by atoms with van der Waals surface area (Å²) in [5.41, 5.74) is 5.67. The monoisotopic (exact) mass is 292 g/mol. The number of nitrogens with zero attached hydrogens (tertiary/aromatic N) is 5. The van der Waals surface area contributed by atoms with Gasteiger partial charge in [-0.05, 0) is 0 Å². The summed E-state index contributed by atoms with van der Waals surface area (Å²) in [6, 6.07) is 0. The topological polar surface area (TPSA) is 105 Å². The van der Waals surface area contributed by atoms with Crippen LogP contribution in [0, 0.1) is 0 Å². The van der Waals surface area contributed by atoms with Crippen molar-refractivity contribution in [2.45, 2.75) is 19.3 Å². The predicted octanol–water partition coefficient (Wildman–Crippen LogP) is 0.366. The zero-order valence-corrected chi connectivity index (χ0v) is 10.2. The van der Waals surface area contributed by atoms with Gasteiger partial charge in [0.1, 0.15) is 13.2 Å². The fourth-order valence-corrected chi connectivity index (χ4v) is 1.31. The molecule has 2 heterocycles. The van der Waals surface area contributed by atoms with E-state index in [1.165, 1.54) is 4.68 Å². The Bertz CT molecular complexity index is 552. The molecule has 0 atom stereocenters. The zero-order chi connectivity index (χ0) is 14.6. The average molecular weight is 292 g/mol. The van der Waals surface area contributed by atoms with Crippen LogP contribution < -0.4 is 5.73 Å². The van der Waals surface area contributed by atoms with Crippen LogP contribution in [0.1, 0.15) is 5.82 Å². The van der Waals surface area contributed by atoms with Crippen LogP contribution in [-0.2, 0) is 17.9 Å². The van der Waals surface area contributed by atoms with E-state index in [0.29, 0.717) is 18.8 Å². The Kier molecular flexibility index (Phi) is 4.29. The summed E-state index contributed by atoms with van der Waals surface area (Å²) in [6.45, 7) is -0.907. The van der Waals surface area contributed by atoms with Gasteiger partial charge in [-0.1, -0.05) is 10.4 Å². The molecule has 20 heavy (non-hydrogen) atoms. The van der Waals surface area contributed by atoms with Gasteiger partial charge >= 0.3 is 6.18 Å². The summed E-state index contributed by atoms with van der Waals surface area (Å²) >= 11 is 0. The fraction of sp³-hybridized carbons (Fsp3) is 0.556. The standard InChI is InChI=1S/C9H11F3N6O2/c10-9(11,12)5-19-4-7-14-8(20-16-7)6-3-18(2-1-13)17-15-6/h3H,1-2,4-5,13H2. The third-order valence-electron chi connectivity index (χ3n) is 2.08. The Morgan fingerprint density at radius 2 is 2.20 bits per heavy atom. The molecule has 0 radical (unpaired) electrons. The highest BCUT2D eigenvalue weighted by atomic mass is 19.4. The number of hydrogen-bond donors (Lipinski definition) is 1. The van der Waals surface area contributed by atoms with Crippen molar-refractivity contribution in [2.24, 2.45) is 5.73 Å². The summed E-state index contributed by atoms with van der Waals surface area (Å²) in [6.07, 6.45) is -2.85. The van der Waals surface area contributed by atoms with Gasteiger partial charge in [0.05, 0.1) is 12.7 Å². The molecule has 2 aromatic heterocycles. The van der Waals surface area contributed by atoms with E-state index in [-0.39, 0.29) is 11.7 Å². The maximum absolute atomic E-state index is 11.9. The summed E-state index contributed by atoms with van der Waals surface area (Å²) in [5.74, 6) is 0.0523. The van der Waals surface area contributed by atoms with E-state index < -0.39 is 19.4 Å². The first kappa shape index (κ1) is 14.4. The van der Waals surface area contributed by atoms with Crippen molar-refractivity contribution in [3.63, 3.8) is 0 Å². The normalized spacial score (nSPS) is 12.0. The molecule has 0 aromatic carbocycles. The molecule has 0 aliphatic carbocycles. The number of nitrogens with two attached hydrogens (primary N) is 1. The molecule has 2 N–H and O–H groups in total. The average Bonchev–Trinajstić information content (AvgIpc) is 2.96. The first-order valence-corrected chi connectivity index (χ1v) is 5.55. The summed E-state index contributed by atoms with van der Waals surface area (Å²) < 4.78 is 46.4.